The minimum absolute atomic E-state index is 0. The Balaban J connectivity index is 0.00000208. The van der Waals surface area contributed by atoms with Gasteiger partial charge in [-0.05, 0) is 37.3 Å². The molecule has 3 N–H and O–H groups in total. The highest BCUT2D eigenvalue weighted by atomic mass is 35.5. The molecular weight excluding hydrogens is 328 g/mol. The van der Waals surface area contributed by atoms with Gasteiger partial charge >= 0.3 is 0 Å². The predicted molar refractivity (Wildman–Crippen MR) is 97.4 cm³/mol. The molecule has 6 nitrogen and oxygen atoms in total. The number of halogens is 1. The fraction of sp³-hybridized carbons (Fsp3) is 0.529. The molecule has 3 rings (SSSR count). The van der Waals surface area contributed by atoms with Crippen molar-refractivity contribution in [1.29, 1.82) is 0 Å². The Morgan fingerprint density at radius 1 is 1.42 bits per heavy atom. The maximum atomic E-state index is 12.5. The number of fused-ring (bicyclic) bond motifs is 1. The summed E-state index contributed by atoms with van der Waals surface area (Å²) >= 11 is 0. The predicted octanol–water partition coefficient (Wildman–Crippen LogP) is 2.56. The molecule has 1 fully saturated rings. The van der Waals surface area contributed by atoms with Crippen molar-refractivity contribution in [2.75, 3.05) is 18.5 Å². The molecule has 0 saturated carbocycles. The van der Waals surface area contributed by atoms with Crippen LogP contribution in [0.3, 0.4) is 0 Å². The van der Waals surface area contributed by atoms with Crippen molar-refractivity contribution in [2.45, 2.75) is 38.8 Å². The largest absolute Gasteiger partial charge is 0.381 e. The first kappa shape index (κ1) is 18.7. The third kappa shape index (κ3) is 3.88. The highest BCUT2D eigenvalue weighted by Gasteiger charge is 2.27. The second kappa shape index (κ2) is 8.46. The highest BCUT2D eigenvalue weighted by Crippen LogP contribution is 2.22. The smallest absolute Gasteiger partial charge is 0.243 e. The van der Waals surface area contributed by atoms with Gasteiger partial charge < -0.3 is 15.0 Å². The van der Waals surface area contributed by atoms with Gasteiger partial charge in [0.15, 0.2) is 0 Å². The van der Waals surface area contributed by atoms with Crippen LogP contribution >= 0.6 is 12.4 Å². The molecule has 0 aliphatic carbocycles. The van der Waals surface area contributed by atoms with Gasteiger partial charge in [-0.1, -0.05) is 19.1 Å². The SMILES string of the molecule is CCCn1c(NC(=O)C(N)C2CCOCC2)nc2ccccc21.Cl. The lowest BCUT2D eigenvalue weighted by atomic mass is 9.92. The second-order valence-electron chi connectivity index (χ2n) is 6.04. The highest BCUT2D eigenvalue weighted by molar-refractivity contribution is 5.95. The number of ether oxygens (including phenoxy) is 1. The summed E-state index contributed by atoms with van der Waals surface area (Å²) in [5.74, 6) is 0.595. The van der Waals surface area contributed by atoms with Gasteiger partial charge in [-0.25, -0.2) is 4.98 Å². The van der Waals surface area contributed by atoms with Crippen molar-refractivity contribution in [3.05, 3.63) is 24.3 Å². The molecule has 0 bridgehead atoms. The standard InChI is InChI=1S/C17H24N4O2.ClH/c1-2-9-21-14-6-4-3-5-13(14)19-17(21)20-16(22)15(18)12-7-10-23-11-8-12;/h3-6,12,15H,2,7-11,18H2,1H3,(H,19,20,22);1H. The topological polar surface area (TPSA) is 82.2 Å². The zero-order valence-corrected chi connectivity index (χ0v) is 14.7. The van der Waals surface area contributed by atoms with E-state index in [0.717, 1.165) is 36.8 Å². The summed E-state index contributed by atoms with van der Waals surface area (Å²) in [6.07, 6.45) is 2.63. The van der Waals surface area contributed by atoms with E-state index in [9.17, 15) is 4.79 Å². The first-order valence-corrected chi connectivity index (χ1v) is 8.30. The van der Waals surface area contributed by atoms with E-state index in [-0.39, 0.29) is 24.2 Å². The molecule has 1 saturated heterocycles. The molecule has 1 aromatic carbocycles. The Bertz CT molecular complexity index is 682. The van der Waals surface area contributed by atoms with Crippen LogP contribution in [-0.4, -0.2) is 34.7 Å². The Kier molecular flexibility index (Phi) is 6.60. The van der Waals surface area contributed by atoms with E-state index in [1.807, 2.05) is 28.8 Å². The molecule has 1 atom stereocenters. The molecule has 2 aromatic rings. The molecule has 132 valence electrons. The molecule has 1 aliphatic rings. The van der Waals surface area contributed by atoms with Crippen molar-refractivity contribution in [3.63, 3.8) is 0 Å². The zero-order chi connectivity index (χ0) is 16.2. The van der Waals surface area contributed by atoms with E-state index in [2.05, 4.69) is 17.2 Å². The zero-order valence-electron chi connectivity index (χ0n) is 13.9. The summed E-state index contributed by atoms with van der Waals surface area (Å²) in [6.45, 7) is 4.27. The number of amides is 1. The fourth-order valence-corrected chi connectivity index (χ4v) is 3.10. The molecule has 1 aliphatic heterocycles. The molecule has 1 aromatic heterocycles. The number of imidazole rings is 1. The van der Waals surface area contributed by atoms with Gasteiger partial charge in [-0.15, -0.1) is 12.4 Å². The maximum Gasteiger partial charge on any atom is 0.243 e. The first-order chi connectivity index (χ1) is 11.2. The molecular formula is C17H25ClN4O2. The van der Waals surface area contributed by atoms with E-state index >= 15 is 0 Å². The summed E-state index contributed by atoms with van der Waals surface area (Å²) in [5.41, 5.74) is 8.07. The van der Waals surface area contributed by atoms with Gasteiger partial charge in [0.1, 0.15) is 0 Å². The molecule has 7 heteroatoms. The van der Waals surface area contributed by atoms with E-state index in [0.29, 0.717) is 19.2 Å². The van der Waals surface area contributed by atoms with Crippen LogP contribution in [0.4, 0.5) is 5.95 Å². The lowest BCUT2D eigenvalue weighted by Gasteiger charge is -2.26. The fourth-order valence-electron chi connectivity index (χ4n) is 3.10. The number of benzene rings is 1. The number of hydrogen-bond donors (Lipinski definition) is 2. The van der Waals surface area contributed by atoms with Crippen molar-refractivity contribution in [1.82, 2.24) is 9.55 Å². The number of para-hydroxylation sites is 2. The van der Waals surface area contributed by atoms with Gasteiger partial charge in [0.05, 0.1) is 17.1 Å². The van der Waals surface area contributed by atoms with Crippen molar-refractivity contribution < 1.29 is 9.53 Å². The van der Waals surface area contributed by atoms with E-state index in [1.165, 1.54) is 0 Å². The van der Waals surface area contributed by atoms with Crippen LogP contribution in [0.5, 0.6) is 0 Å². The van der Waals surface area contributed by atoms with Crippen LogP contribution in [0.15, 0.2) is 24.3 Å². The molecule has 1 amide bonds. The van der Waals surface area contributed by atoms with Crippen LogP contribution in [0.2, 0.25) is 0 Å². The number of hydrogen-bond acceptors (Lipinski definition) is 4. The van der Waals surface area contributed by atoms with Gasteiger partial charge in [0.2, 0.25) is 11.9 Å². The number of nitrogens with one attached hydrogen (secondary N) is 1. The Hall–Kier alpha value is -1.63. The lowest BCUT2D eigenvalue weighted by molar-refractivity contribution is -0.119. The normalized spacial score (nSPS) is 16.6. The van der Waals surface area contributed by atoms with Crippen LogP contribution in [0.1, 0.15) is 26.2 Å². The summed E-state index contributed by atoms with van der Waals surface area (Å²) in [4.78, 5) is 17.1. The molecule has 24 heavy (non-hydrogen) atoms. The minimum Gasteiger partial charge on any atom is -0.381 e. The molecule has 0 radical (unpaired) electrons. The minimum atomic E-state index is -0.520. The number of anilines is 1. The van der Waals surface area contributed by atoms with Crippen molar-refractivity contribution >= 4 is 35.3 Å². The van der Waals surface area contributed by atoms with E-state index in [4.69, 9.17) is 10.5 Å². The van der Waals surface area contributed by atoms with Crippen LogP contribution in [0.25, 0.3) is 11.0 Å². The van der Waals surface area contributed by atoms with Crippen molar-refractivity contribution in [3.8, 4) is 0 Å². The second-order valence-corrected chi connectivity index (χ2v) is 6.04. The van der Waals surface area contributed by atoms with Crippen LogP contribution in [0, 0.1) is 5.92 Å². The average molecular weight is 353 g/mol. The van der Waals surface area contributed by atoms with Crippen LogP contribution < -0.4 is 11.1 Å². The van der Waals surface area contributed by atoms with Gasteiger partial charge in [0, 0.05) is 19.8 Å². The lowest BCUT2D eigenvalue weighted by Crippen LogP contribution is -2.44. The Morgan fingerprint density at radius 3 is 2.83 bits per heavy atom. The quantitative estimate of drug-likeness (QED) is 0.866. The van der Waals surface area contributed by atoms with E-state index < -0.39 is 6.04 Å². The number of carbonyl (C=O) groups is 1. The summed E-state index contributed by atoms with van der Waals surface area (Å²) in [7, 11) is 0. The summed E-state index contributed by atoms with van der Waals surface area (Å²) < 4.78 is 7.38. The average Bonchev–Trinajstić information content (AvgIpc) is 2.93. The van der Waals surface area contributed by atoms with E-state index in [1.54, 1.807) is 0 Å². The number of aromatic nitrogens is 2. The molecule has 1 unspecified atom stereocenters. The Labute approximate surface area is 148 Å². The van der Waals surface area contributed by atoms with Crippen LogP contribution in [-0.2, 0) is 16.1 Å². The molecule has 0 spiro atoms. The van der Waals surface area contributed by atoms with Gasteiger partial charge in [-0.3, -0.25) is 10.1 Å². The third-order valence-corrected chi connectivity index (χ3v) is 4.41. The van der Waals surface area contributed by atoms with Crippen molar-refractivity contribution in [2.24, 2.45) is 11.7 Å². The number of rotatable bonds is 5. The summed E-state index contributed by atoms with van der Waals surface area (Å²) in [6, 6.07) is 7.39. The number of nitrogens with zero attached hydrogens (tertiary/aromatic N) is 2. The maximum absolute atomic E-state index is 12.5. The number of aryl methyl sites for hydroxylation is 1. The first-order valence-electron chi connectivity index (χ1n) is 8.30. The van der Waals surface area contributed by atoms with Gasteiger partial charge in [-0.2, -0.15) is 0 Å². The third-order valence-electron chi connectivity index (χ3n) is 4.41. The summed E-state index contributed by atoms with van der Waals surface area (Å²) in [5, 5.41) is 2.93. The van der Waals surface area contributed by atoms with Gasteiger partial charge in [0.25, 0.3) is 0 Å². The number of nitrogens with two attached hydrogens (primary N) is 1. The molecule has 2 heterocycles. The monoisotopic (exact) mass is 352 g/mol. The number of carbonyl (C=O) groups excluding carboxylic acids is 1. The Morgan fingerprint density at radius 2 is 2.12 bits per heavy atom.